The van der Waals surface area contributed by atoms with E-state index in [0.29, 0.717) is 27.6 Å². The molecule has 2 unspecified atom stereocenters. The van der Waals surface area contributed by atoms with Crippen molar-refractivity contribution in [2.75, 3.05) is 19.6 Å². The molecule has 102 valence electrons. The van der Waals surface area contributed by atoms with Gasteiger partial charge in [0.15, 0.2) is 0 Å². The fraction of sp³-hybridized carbons (Fsp3) is 0.500. The Morgan fingerprint density at radius 2 is 2.16 bits per heavy atom. The van der Waals surface area contributed by atoms with E-state index in [2.05, 4.69) is 5.32 Å². The van der Waals surface area contributed by atoms with Crippen LogP contribution in [0.25, 0.3) is 0 Å². The second-order valence-corrected chi connectivity index (χ2v) is 6.09. The quantitative estimate of drug-likeness (QED) is 0.865. The summed E-state index contributed by atoms with van der Waals surface area (Å²) in [5.41, 5.74) is 0.554. The molecule has 1 amide bonds. The van der Waals surface area contributed by atoms with Crippen LogP contribution in [0.15, 0.2) is 18.2 Å². The maximum absolute atomic E-state index is 12.6. The molecule has 0 bridgehead atoms. The van der Waals surface area contributed by atoms with E-state index < -0.39 is 0 Å². The molecule has 2 aliphatic rings. The number of nitrogens with one attached hydrogen (secondary N) is 1. The Balaban J connectivity index is 1.86. The van der Waals surface area contributed by atoms with Crippen molar-refractivity contribution in [3.05, 3.63) is 33.8 Å². The lowest BCUT2D eigenvalue weighted by molar-refractivity contribution is 0.0575. The number of halogens is 2. The predicted molar refractivity (Wildman–Crippen MR) is 76.9 cm³/mol. The van der Waals surface area contributed by atoms with Crippen LogP contribution in [0.4, 0.5) is 0 Å². The molecule has 3 nitrogen and oxygen atoms in total. The number of carbonyl (C=O) groups excluding carboxylic acids is 1. The van der Waals surface area contributed by atoms with Gasteiger partial charge in [0.25, 0.3) is 5.91 Å². The van der Waals surface area contributed by atoms with Crippen LogP contribution in [-0.2, 0) is 0 Å². The maximum atomic E-state index is 12.6. The van der Waals surface area contributed by atoms with E-state index in [0.717, 1.165) is 26.1 Å². The summed E-state index contributed by atoms with van der Waals surface area (Å²) in [5.74, 6) is 0.615. The van der Waals surface area contributed by atoms with Crippen molar-refractivity contribution in [2.24, 2.45) is 5.92 Å². The molecular weight excluding hydrogens is 283 g/mol. The smallest absolute Gasteiger partial charge is 0.255 e. The van der Waals surface area contributed by atoms with E-state index in [1.54, 1.807) is 18.2 Å². The number of hydrogen-bond acceptors (Lipinski definition) is 2. The molecule has 0 radical (unpaired) electrons. The Morgan fingerprint density at radius 3 is 2.95 bits per heavy atom. The van der Waals surface area contributed by atoms with Crippen LogP contribution in [0.5, 0.6) is 0 Å². The van der Waals surface area contributed by atoms with Crippen LogP contribution in [0.1, 0.15) is 23.2 Å². The second-order valence-electron chi connectivity index (χ2n) is 5.25. The third-order valence-corrected chi connectivity index (χ3v) is 4.65. The molecule has 1 aromatic rings. The molecule has 0 spiro atoms. The normalized spacial score (nSPS) is 26.3. The number of amides is 1. The summed E-state index contributed by atoms with van der Waals surface area (Å²) >= 11 is 12.0. The van der Waals surface area contributed by atoms with Gasteiger partial charge in [-0.25, -0.2) is 0 Å². The average molecular weight is 299 g/mol. The SMILES string of the molecule is O=C(c1ccc(Cl)cc1Cl)N1CCCC2CNCC21. The van der Waals surface area contributed by atoms with E-state index in [1.165, 1.54) is 6.42 Å². The van der Waals surface area contributed by atoms with Crippen molar-refractivity contribution in [1.29, 1.82) is 0 Å². The van der Waals surface area contributed by atoms with Crippen molar-refractivity contribution in [3.63, 3.8) is 0 Å². The summed E-state index contributed by atoms with van der Waals surface area (Å²) in [4.78, 5) is 14.6. The third kappa shape index (κ3) is 2.47. The first-order chi connectivity index (χ1) is 9.16. The van der Waals surface area contributed by atoms with E-state index in [-0.39, 0.29) is 5.91 Å². The first-order valence-corrected chi connectivity index (χ1v) is 7.39. The molecule has 19 heavy (non-hydrogen) atoms. The predicted octanol–water partition coefficient (Wildman–Crippen LogP) is 2.82. The zero-order valence-corrected chi connectivity index (χ0v) is 12.0. The molecule has 3 rings (SSSR count). The van der Waals surface area contributed by atoms with Gasteiger partial charge in [-0.15, -0.1) is 0 Å². The average Bonchev–Trinajstić information content (AvgIpc) is 2.86. The summed E-state index contributed by atoms with van der Waals surface area (Å²) in [6, 6.07) is 5.38. The zero-order chi connectivity index (χ0) is 13.4. The fourth-order valence-electron chi connectivity index (χ4n) is 3.14. The highest BCUT2D eigenvalue weighted by Crippen LogP contribution is 2.30. The highest BCUT2D eigenvalue weighted by atomic mass is 35.5. The molecule has 5 heteroatoms. The minimum absolute atomic E-state index is 0.0278. The lowest BCUT2D eigenvalue weighted by atomic mass is 9.91. The van der Waals surface area contributed by atoms with Crippen LogP contribution in [-0.4, -0.2) is 36.5 Å². The number of rotatable bonds is 1. The molecule has 0 saturated carbocycles. The molecular formula is C14H16Cl2N2O. The highest BCUT2D eigenvalue weighted by molar-refractivity contribution is 6.36. The number of fused-ring (bicyclic) bond motifs is 1. The standard InChI is InChI=1S/C14H16Cl2N2O/c15-10-3-4-11(12(16)6-10)14(19)18-5-1-2-9-7-17-8-13(9)18/h3-4,6,9,13,17H,1-2,5,7-8H2. The highest BCUT2D eigenvalue weighted by Gasteiger charge is 2.37. The van der Waals surface area contributed by atoms with E-state index in [9.17, 15) is 4.79 Å². The first kappa shape index (κ1) is 13.2. The molecule has 2 aliphatic heterocycles. The molecule has 2 saturated heterocycles. The molecule has 1 N–H and O–H groups in total. The summed E-state index contributed by atoms with van der Waals surface area (Å²) in [5, 5.41) is 4.37. The monoisotopic (exact) mass is 298 g/mol. The summed E-state index contributed by atoms with van der Waals surface area (Å²) < 4.78 is 0. The van der Waals surface area contributed by atoms with Gasteiger partial charge in [-0.05, 0) is 37.0 Å². The van der Waals surface area contributed by atoms with Crippen LogP contribution in [0, 0.1) is 5.92 Å². The van der Waals surface area contributed by atoms with Crippen LogP contribution in [0.2, 0.25) is 10.0 Å². The first-order valence-electron chi connectivity index (χ1n) is 6.63. The fourth-order valence-corrected chi connectivity index (χ4v) is 3.63. The van der Waals surface area contributed by atoms with Crippen molar-refractivity contribution < 1.29 is 4.79 Å². The van der Waals surface area contributed by atoms with Gasteiger partial charge in [-0.3, -0.25) is 4.79 Å². The minimum atomic E-state index is 0.0278. The topological polar surface area (TPSA) is 32.3 Å². The van der Waals surface area contributed by atoms with Gasteiger partial charge in [-0.1, -0.05) is 23.2 Å². The number of likely N-dealkylation sites (tertiary alicyclic amines) is 1. The lowest BCUT2D eigenvalue weighted by Crippen LogP contribution is -2.48. The van der Waals surface area contributed by atoms with Gasteiger partial charge in [0, 0.05) is 30.7 Å². The third-order valence-electron chi connectivity index (χ3n) is 4.10. The summed E-state index contributed by atoms with van der Waals surface area (Å²) in [6.45, 7) is 2.73. The minimum Gasteiger partial charge on any atom is -0.334 e. The van der Waals surface area contributed by atoms with E-state index in [1.807, 2.05) is 4.90 Å². The summed E-state index contributed by atoms with van der Waals surface area (Å²) in [7, 11) is 0. The Hall–Kier alpha value is -0.770. The summed E-state index contributed by atoms with van der Waals surface area (Å²) in [6.07, 6.45) is 2.27. The number of hydrogen-bond donors (Lipinski definition) is 1. The molecule has 0 aromatic heterocycles. The zero-order valence-electron chi connectivity index (χ0n) is 10.5. The van der Waals surface area contributed by atoms with Gasteiger partial charge in [0.1, 0.15) is 0 Å². The Kier molecular flexibility index (Phi) is 3.70. The molecule has 2 atom stereocenters. The van der Waals surface area contributed by atoms with E-state index in [4.69, 9.17) is 23.2 Å². The number of carbonyl (C=O) groups is 1. The van der Waals surface area contributed by atoms with Gasteiger partial charge < -0.3 is 10.2 Å². The Morgan fingerprint density at radius 1 is 1.32 bits per heavy atom. The van der Waals surface area contributed by atoms with Gasteiger partial charge >= 0.3 is 0 Å². The van der Waals surface area contributed by atoms with Gasteiger partial charge in [0.2, 0.25) is 0 Å². The van der Waals surface area contributed by atoms with Gasteiger partial charge in [-0.2, -0.15) is 0 Å². The van der Waals surface area contributed by atoms with Gasteiger partial charge in [0.05, 0.1) is 10.6 Å². The maximum Gasteiger partial charge on any atom is 0.255 e. The molecule has 0 aliphatic carbocycles. The van der Waals surface area contributed by atoms with Crippen LogP contribution in [0.3, 0.4) is 0 Å². The molecule has 1 aromatic carbocycles. The Bertz CT molecular complexity index is 506. The lowest BCUT2D eigenvalue weighted by Gasteiger charge is -2.37. The van der Waals surface area contributed by atoms with E-state index >= 15 is 0 Å². The van der Waals surface area contributed by atoms with Crippen molar-refractivity contribution in [1.82, 2.24) is 10.2 Å². The van der Waals surface area contributed by atoms with Crippen molar-refractivity contribution in [2.45, 2.75) is 18.9 Å². The molecule has 2 heterocycles. The van der Waals surface area contributed by atoms with Crippen molar-refractivity contribution in [3.8, 4) is 0 Å². The Labute approximate surface area is 122 Å². The van der Waals surface area contributed by atoms with Crippen LogP contribution >= 0.6 is 23.2 Å². The van der Waals surface area contributed by atoms with Crippen molar-refractivity contribution >= 4 is 29.1 Å². The number of benzene rings is 1. The molecule has 2 fully saturated rings. The van der Waals surface area contributed by atoms with Crippen LogP contribution < -0.4 is 5.32 Å². The number of nitrogens with zero attached hydrogens (tertiary/aromatic N) is 1. The second kappa shape index (κ2) is 5.31. The number of piperidine rings is 1. The largest absolute Gasteiger partial charge is 0.334 e.